The third-order valence-electron chi connectivity index (χ3n) is 5.67. The summed E-state index contributed by atoms with van der Waals surface area (Å²) >= 11 is 3.38. The molecule has 3 unspecified atom stereocenters. The number of hydrogen-bond acceptors (Lipinski definition) is 5. The topological polar surface area (TPSA) is 74.8 Å². The van der Waals surface area contributed by atoms with Crippen molar-refractivity contribution in [2.24, 2.45) is 0 Å². The summed E-state index contributed by atoms with van der Waals surface area (Å²) in [6.07, 6.45) is 3.45. The van der Waals surface area contributed by atoms with Gasteiger partial charge in [-0.2, -0.15) is 0 Å². The first kappa shape index (κ1) is 21.8. The van der Waals surface area contributed by atoms with Gasteiger partial charge in [-0.15, -0.1) is 0 Å². The van der Waals surface area contributed by atoms with E-state index in [1.54, 1.807) is 23.2 Å². The number of nitrogens with zero attached hydrogens (tertiary/aromatic N) is 3. The summed E-state index contributed by atoms with van der Waals surface area (Å²) < 4.78 is 6.69. The Morgan fingerprint density at radius 1 is 1.10 bits per heavy atom. The molecule has 0 aliphatic carbocycles. The van der Waals surface area contributed by atoms with Crippen molar-refractivity contribution in [1.29, 1.82) is 0 Å². The molecule has 8 heteroatoms. The van der Waals surface area contributed by atoms with Crippen LogP contribution in [0.4, 0.5) is 11.5 Å². The van der Waals surface area contributed by atoms with Gasteiger partial charge in [0.15, 0.2) is 0 Å². The summed E-state index contributed by atoms with van der Waals surface area (Å²) in [4.78, 5) is 34.2. The highest BCUT2D eigenvalue weighted by molar-refractivity contribution is 9.10. The maximum Gasteiger partial charge on any atom is 0.254 e. The van der Waals surface area contributed by atoms with E-state index in [9.17, 15) is 9.59 Å². The number of morpholine rings is 1. The first-order valence-electron chi connectivity index (χ1n) is 10.6. The van der Waals surface area contributed by atoms with Gasteiger partial charge in [0.1, 0.15) is 11.9 Å². The number of likely N-dealkylation sites (tertiary alicyclic amines) is 1. The second-order valence-electron chi connectivity index (χ2n) is 8.22. The minimum Gasteiger partial charge on any atom is -0.372 e. The van der Waals surface area contributed by atoms with Gasteiger partial charge in [-0.25, -0.2) is 4.98 Å². The Kier molecular flexibility index (Phi) is 6.57. The second-order valence-corrected chi connectivity index (χ2v) is 9.14. The van der Waals surface area contributed by atoms with Crippen LogP contribution in [0.2, 0.25) is 0 Å². The molecule has 2 aliphatic heterocycles. The molecule has 2 aliphatic rings. The molecule has 0 saturated carbocycles. The van der Waals surface area contributed by atoms with E-state index in [1.807, 2.05) is 24.3 Å². The Morgan fingerprint density at radius 3 is 2.45 bits per heavy atom. The lowest BCUT2D eigenvalue weighted by molar-refractivity contribution is -0.119. The van der Waals surface area contributed by atoms with Crippen LogP contribution < -0.4 is 10.2 Å². The van der Waals surface area contributed by atoms with E-state index < -0.39 is 6.04 Å². The van der Waals surface area contributed by atoms with Crippen LogP contribution >= 0.6 is 15.9 Å². The highest BCUT2D eigenvalue weighted by Gasteiger charge is 2.34. The molecule has 2 saturated heterocycles. The quantitative estimate of drug-likeness (QED) is 0.712. The summed E-state index contributed by atoms with van der Waals surface area (Å²) in [6, 6.07) is 10.5. The van der Waals surface area contributed by atoms with Crippen molar-refractivity contribution in [1.82, 2.24) is 9.88 Å². The van der Waals surface area contributed by atoms with Crippen molar-refractivity contribution in [2.45, 2.75) is 44.9 Å². The molecule has 164 valence electrons. The molecular formula is C23H27BrN4O3. The summed E-state index contributed by atoms with van der Waals surface area (Å²) in [5, 5.41) is 2.93. The monoisotopic (exact) mass is 486 g/mol. The van der Waals surface area contributed by atoms with Crippen LogP contribution in [0.5, 0.6) is 0 Å². The van der Waals surface area contributed by atoms with Gasteiger partial charge in [0.25, 0.3) is 5.91 Å². The van der Waals surface area contributed by atoms with Gasteiger partial charge in [-0.3, -0.25) is 9.59 Å². The van der Waals surface area contributed by atoms with Crippen molar-refractivity contribution in [2.75, 3.05) is 29.9 Å². The first-order valence-corrected chi connectivity index (χ1v) is 11.4. The molecule has 2 fully saturated rings. The highest BCUT2D eigenvalue weighted by atomic mass is 79.9. The predicted octanol–water partition coefficient (Wildman–Crippen LogP) is 3.70. The summed E-state index contributed by atoms with van der Waals surface area (Å²) in [5.41, 5.74) is 1.22. The molecule has 0 radical (unpaired) electrons. The molecule has 0 spiro atoms. The summed E-state index contributed by atoms with van der Waals surface area (Å²) in [6.45, 7) is 6.27. The average molecular weight is 487 g/mol. The van der Waals surface area contributed by atoms with E-state index in [1.165, 1.54) is 0 Å². The lowest BCUT2D eigenvalue weighted by atomic mass is 10.1. The zero-order chi connectivity index (χ0) is 22.0. The number of carbonyl (C=O) groups excluding carboxylic acids is 2. The molecular weight excluding hydrogens is 460 g/mol. The zero-order valence-electron chi connectivity index (χ0n) is 17.8. The minimum absolute atomic E-state index is 0.117. The van der Waals surface area contributed by atoms with E-state index in [0.29, 0.717) is 24.2 Å². The van der Waals surface area contributed by atoms with Crippen LogP contribution in [0.1, 0.15) is 37.0 Å². The third-order valence-corrected chi connectivity index (χ3v) is 6.20. The van der Waals surface area contributed by atoms with E-state index in [0.717, 1.165) is 29.8 Å². The molecule has 3 heterocycles. The number of halogens is 1. The fourth-order valence-corrected chi connectivity index (χ4v) is 4.54. The lowest BCUT2D eigenvalue weighted by Crippen LogP contribution is -2.45. The Hall–Kier alpha value is -2.45. The van der Waals surface area contributed by atoms with Gasteiger partial charge in [0, 0.05) is 29.7 Å². The van der Waals surface area contributed by atoms with Crippen LogP contribution in [-0.2, 0) is 9.53 Å². The number of benzene rings is 1. The number of carbonyl (C=O) groups is 2. The molecule has 0 bridgehead atoms. The standard InChI is InChI=1S/C23H27BrN4O3/c1-15-13-27(14-16(2)31-15)21-10-9-19(12-25-21)26-22(29)20-4-3-11-28(20)23(30)17-5-7-18(24)8-6-17/h5-10,12,15-16,20H,3-4,11,13-14H2,1-2H3,(H,26,29). The Labute approximate surface area is 190 Å². The van der Waals surface area contributed by atoms with Crippen LogP contribution in [-0.4, -0.2) is 59.6 Å². The highest BCUT2D eigenvalue weighted by Crippen LogP contribution is 2.24. The van der Waals surface area contributed by atoms with Crippen LogP contribution in [0.25, 0.3) is 0 Å². The Balaban J connectivity index is 1.40. The predicted molar refractivity (Wildman–Crippen MR) is 123 cm³/mol. The molecule has 1 aromatic heterocycles. The lowest BCUT2D eigenvalue weighted by Gasteiger charge is -2.36. The maximum absolute atomic E-state index is 12.9. The largest absolute Gasteiger partial charge is 0.372 e. The third kappa shape index (κ3) is 5.07. The molecule has 1 N–H and O–H groups in total. The van der Waals surface area contributed by atoms with E-state index in [2.05, 4.69) is 45.0 Å². The maximum atomic E-state index is 12.9. The summed E-state index contributed by atoms with van der Waals surface area (Å²) in [5.74, 6) is 0.577. The van der Waals surface area contributed by atoms with Crippen molar-refractivity contribution in [3.63, 3.8) is 0 Å². The normalized spacial score (nSPS) is 23.6. The molecule has 1 aromatic carbocycles. The fourth-order valence-electron chi connectivity index (χ4n) is 4.28. The van der Waals surface area contributed by atoms with Gasteiger partial charge in [-0.1, -0.05) is 15.9 Å². The van der Waals surface area contributed by atoms with Gasteiger partial charge in [0.2, 0.25) is 5.91 Å². The molecule has 2 aromatic rings. The number of pyridine rings is 1. The van der Waals surface area contributed by atoms with Crippen LogP contribution in [0, 0.1) is 0 Å². The van der Waals surface area contributed by atoms with Gasteiger partial charge >= 0.3 is 0 Å². The number of rotatable bonds is 4. The molecule has 4 rings (SSSR count). The minimum atomic E-state index is -0.475. The van der Waals surface area contributed by atoms with Crippen LogP contribution in [0.3, 0.4) is 0 Å². The number of amides is 2. The van der Waals surface area contributed by atoms with Crippen molar-refractivity contribution in [3.8, 4) is 0 Å². The number of hydrogen-bond donors (Lipinski definition) is 1. The summed E-state index contributed by atoms with van der Waals surface area (Å²) in [7, 11) is 0. The Bertz CT molecular complexity index is 925. The van der Waals surface area contributed by atoms with E-state index >= 15 is 0 Å². The smallest absolute Gasteiger partial charge is 0.254 e. The van der Waals surface area contributed by atoms with E-state index in [4.69, 9.17) is 4.74 Å². The molecule has 7 nitrogen and oxygen atoms in total. The second kappa shape index (κ2) is 9.36. The van der Waals surface area contributed by atoms with Crippen molar-refractivity contribution >= 4 is 39.2 Å². The molecule has 3 atom stereocenters. The number of anilines is 2. The van der Waals surface area contributed by atoms with Crippen LogP contribution in [0.15, 0.2) is 47.1 Å². The Morgan fingerprint density at radius 2 is 1.81 bits per heavy atom. The SMILES string of the molecule is CC1CN(c2ccc(NC(=O)C3CCCN3C(=O)c3ccc(Br)cc3)cn2)CC(C)O1. The fraction of sp³-hybridized carbons (Fsp3) is 0.435. The number of nitrogens with one attached hydrogen (secondary N) is 1. The van der Waals surface area contributed by atoms with E-state index in [-0.39, 0.29) is 24.0 Å². The van der Waals surface area contributed by atoms with Gasteiger partial charge < -0.3 is 19.9 Å². The first-order chi connectivity index (χ1) is 14.9. The zero-order valence-corrected chi connectivity index (χ0v) is 19.3. The molecule has 31 heavy (non-hydrogen) atoms. The molecule has 2 amide bonds. The number of aromatic nitrogens is 1. The van der Waals surface area contributed by atoms with Crippen molar-refractivity contribution in [3.05, 3.63) is 52.6 Å². The number of ether oxygens (including phenoxy) is 1. The van der Waals surface area contributed by atoms with Crippen molar-refractivity contribution < 1.29 is 14.3 Å². The van der Waals surface area contributed by atoms with Gasteiger partial charge in [-0.05, 0) is 63.1 Å². The van der Waals surface area contributed by atoms with Gasteiger partial charge in [0.05, 0.1) is 24.1 Å². The average Bonchev–Trinajstić information content (AvgIpc) is 3.24.